The zero-order valence-electron chi connectivity index (χ0n) is 19.6. The van der Waals surface area contributed by atoms with E-state index in [9.17, 15) is 14.0 Å². The monoisotopic (exact) mass is 485 g/mol. The number of carbonyl (C=O) groups excluding carboxylic acids is 2. The van der Waals surface area contributed by atoms with Gasteiger partial charge in [-0.15, -0.1) is 6.42 Å². The van der Waals surface area contributed by atoms with E-state index < -0.39 is 17.6 Å². The number of amides is 2. The van der Waals surface area contributed by atoms with E-state index in [4.69, 9.17) is 16.6 Å². The topological polar surface area (TPSA) is 107 Å². The van der Waals surface area contributed by atoms with Crippen LogP contribution in [0.5, 0.6) is 5.75 Å². The summed E-state index contributed by atoms with van der Waals surface area (Å²) in [7, 11) is 1.45. The molecule has 2 heterocycles. The Labute approximate surface area is 208 Å². The van der Waals surface area contributed by atoms with Crippen LogP contribution in [0.15, 0.2) is 54.7 Å². The van der Waals surface area contributed by atoms with Gasteiger partial charge < -0.3 is 20.3 Å². The van der Waals surface area contributed by atoms with Crippen molar-refractivity contribution in [1.29, 1.82) is 5.41 Å². The van der Waals surface area contributed by atoms with Gasteiger partial charge >= 0.3 is 0 Å². The Hall–Kier alpha value is -4.71. The number of amidine groups is 1. The van der Waals surface area contributed by atoms with Gasteiger partial charge in [-0.2, -0.15) is 0 Å². The Bertz CT molecular complexity index is 1360. The first kappa shape index (κ1) is 24.4. The highest BCUT2D eigenvalue weighted by molar-refractivity contribution is 6.12. The van der Waals surface area contributed by atoms with Gasteiger partial charge in [-0.1, -0.05) is 12.0 Å². The molecule has 36 heavy (non-hydrogen) atoms. The molecule has 8 nitrogen and oxygen atoms in total. The minimum absolute atomic E-state index is 0.0957. The first-order chi connectivity index (χ1) is 17.4. The molecule has 182 valence electrons. The number of aromatic nitrogens is 1. The van der Waals surface area contributed by atoms with E-state index in [1.165, 1.54) is 37.6 Å². The van der Waals surface area contributed by atoms with Crippen LogP contribution in [0, 0.1) is 23.6 Å². The van der Waals surface area contributed by atoms with Crippen molar-refractivity contribution in [3.63, 3.8) is 0 Å². The van der Waals surface area contributed by atoms with Crippen molar-refractivity contribution in [2.24, 2.45) is 0 Å². The molecule has 0 atom stereocenters. The third-order valence-electron chi connectivity index (χ3n) is 5.80. The lowest BCUT2D eigenvalue weighted by Crippen LogP contribution is -2.28. The second-order valence-electron chi connectivity index (χ2n) is 8.13. The number of nitrogens with zero attached hydrogens (tertiary/aromatic N) is 2. The van der Waals surface area contributed by atoms with Crippen molar-refractivity contribution in [2.75, 3.05) is 30.8 Å². The van der Waals surface area contributed by atoms with Crippen LogP contribution in [0.1, 0.15) is 44.7 Å². The van der Waals surface area contributed by atoms with Gasteiger partial charge in [0.25, 0.3) is 11.8 Å². The summed E-state index contributed by atoms with van der Waals surface area (Å²) in [6.07, 6.45) is 8.76. The third-order valence-corrected chi connectivity index (χ3v) is 5.80. The highest BCUT2D eigenvalue weighted by atomic mass is 19.1. The zero-order chi connectivity index (χ0) is 25.7. The van der Waals surface area contributed by atoms with Crippen LogP contribution in [0.25, 0.3) is 0 Å². The van der Waals surface area contributed by atoms with Gasteiger partial charge in [-0.25, -0.2) is 9.37 Å². The fourth-order valence-electron chi connectivity index (χ4n) is 3.84. The van der Waals surface area contributed by atoms with Crippen molar-refractivity contribution in [2.45, 2.75) is 12.8 Å². The number of benzene rings is 2. The molecule has 2 aromatic carbocycles. The van der Waals surface area contributed by atoms with Gasteiger partial charge in [0.1, 0.15) is 23.2 Å². The Morgan fingerprint density at radius 2 is 1.81 bits per heavy atom. The van der Waals surface area contributed by atoms with Crippen LogP contribution in [0.2, 0.25) is 0 Å². The average molecular weight is 486 g/mol. The number of halogens is 1. The summed E-state index contributed by atoms with van der Waals surface area (Å²) in [5, 5.41) is 13.5. The highest BCUT2D eigenvalue weighted by Crippen LogP contribution is 2.25. The number of ether oxygens (including phenoxy) is 1. The predicted octanol–water partition coefficient (Wildman–Crippen LogP) is 4.14. The van der Waals surface area contributed by atoms with E-state index in [2.05, 4.69) is 21.5 Å². The Kier molecular flexibility index (Phi) is 7.25. The number of methoxy groups -OCH3 is 1. The summed E-state index contributed by atoms with van der Waals surface area (Å²) in [6, 6.07) is 11.8. The number of pyridine rings is 1. The fourth-order valence-corrected chi connectivity index (χ4v) is 3.84. The highest BCUT2D eigenvalue weighted by Gasteiger charge is 2.21. The lowest BCUT2D eigenvalue weighted by molar-refractivity contribution is 0.102. The molecule has 1 fully saturated rings. The molecule has 9 heteroatoms. The summed E-state index contributed by atoms with van der Waals surface area (Å²) < 4.78 is 20.1. The molecule has 0 aliphatic carbocycles. The van der Waals surface area contributed by atoms with E-state index in [0.717, 1.165) is 25.9 Å². The molecule has 4 rings (SSSR count). The smallest absolute Gasteiger partial charge is 0.259 e. The van der Waals surface area contributed by atoms with Crippen LogP contribution in [0.3, 0.4) is 0 Å². The van der Waals surface area contributed by atoms with Gasteiger partial charge in [0, 0.05) is 30.4 Å². The number of hydrogen-bond acceptors (Lipinski definition) is 5. The van der Waals surface area contributed by atoms with Gasteiger partial charge in [-0.05, 0) is 55.3 Å². The number of rotatable bonds is 6. The SMILES string of the molecule is C#Cc1ccc(NC(=O)c2cc(OC)ccc2NC(=O)c2ccc(C(=N)N3CCCC3)cc2F)nc1. The maximum atomic E-state index is 14.9. The van der Waals surface area contributed by atoms with E-state index >= 15 is 0 Å². The van der Waals surface area contributed by atoms with E-state index in [1.807, 2.05) is 4.90 Å². The van der Waals surface area contributed by atoms with Gasteiger partial charge in [0.05, 0.1) is 23.9 Å². The normalized spacial score (nSPS) is 12.5. The third kappa shape index (κ3) is 5.33. The summed E-state index contributed by atoms with van der Waals surface area (Å²) >= 11 is 0. The molecule has 0 radical (unpaired) electrons. The van der Waals surface area contributed by atoms with Gasteiger partial charge in [0.15, 0.2) is 0 Å². The minimum atomic E-state index is -0.758. The second kappa shape index (κ2) is 10.7. The molecule has 0 saturated carbocycles. The van der Waals surface area contributed by atoms with E-state index in [1.54, 1.807) is 24.3 Å². The molecule has 3 N–H and O–H groups in total. The molecular weight excluding hydrogens is 461 g/mol. The molecule has 0 unspecified atom stereocenters. The van der Waals surface area contributed by atoms with Gasteiger partial charge in [0.2, 0.25) is 0 Å². The summed E-state index contributed by atoms with van der Waals surface area (Å²) in [6.45, 7) is 1.52. The Morgan fingerprint density at radius 1 is 1.06 bits per heavy atom. The summed E-state index contributed by atoms with van der Waals surface area (Å²) in [5.74, 6) is 1.29. The van der Waals surface area contributed by atoms with Crippen molar-refractivity contribution in [1.82, 2.24) is 9.88 Å². The van der Waals surface area contributed by atoms with Gasteiger partial charge in [-0.3, -0.25) is 15.0 Å². The van der Waals surface area contributed by atoms with E-state index in [-0.39, 0.29) is 28.5 Å². The molecule has 0 bridgehead atoms. The average Bonchev–Trinajstić information content (AvgIpc) is 3.44. The van der Waals surface area contributed by atoms with Crippen molar-refractivity contribution >= 4 is 29.2 Å². The maximum absolute atomic E-state index is 14.9. The summed E-state index contributed by atoms with van der Waals surface area (Å²) in [5.41, 5.74) is 1.01. The minimum Gasteiger partial charge on any atom is -0.497 e. The van der Waals surface area contributed by atoms with Crippen LogP contribution in [-0.2, 0) is 0 Å². The van der Waals surface area contributed by atoms with Crippen LogP contribution >= 0.6 is 0 Å². The van der Waals surface area contributed by atoms with E-state index in [0.29, 0.717) is 16.9 Å². The van der Waals surface area contributed by atoms with Crippen LogP contribution in [-0.4, -0.2) is 47.7 Å². The number of carbonyl (C=O) groups is 2. The maximum Gasteiger partial charge on any atom is 0.259 e. The molecule has 0 spiro atoms. The zero-order valence-corrected chi connectivity index (χ0v) is 19.6. The number of nitrogens with one attached hydrogen (secondary N) is 3. The fraction of sp³-hybridized carbons (Fsp3) is 0.185. The first-order valence-corrected chi connectivity index (χ1v) is 11.3. The Balaban J connectivity index is 1.55. The largest absolute Gasteiger partial charge is 0.497 e. The first-order valence-electron chi connectivity index (χ1n) is 11.3. The molecule has 3 aromatic rings. The number of likely N-dealkylation sites (tertiary alicyclic amines) is 1. The lowest BCUT2D eigenvalue weighted by Gasteiger charge is -2.19. The molecule has 2 amide bonds. The molecule has 1 aromatic heterocycles. The standard InChI is InChI=1S/C27H24FN5O3/c1-3-17-6-11-24(30-16-17)32-27(35)21-15-19(36-2)8-10-23(21)31-26(34)20-9-7-18(14-22(20)28)25(29)33-12-4-5-13-33/h1,6-11,14-16,29H,4-5,12-13H2,2H3,(H,31,34)(H,30,32,35). The predicted molar refractivity (Wildman–Crippen MR) is 135 cm³/mol. The lowest BCUT2D eigenvalue weighted by atomic mass is 10.1. The van der Waals surface area contributed by atoms with Crippen molar-refractivity contribution in [3.05, 3.63) is 82.8 Å². The molecule has 1 aliphatic rings. The Morgan fingerprint density at radius 3 is 2.44 bits per heavy atom. The molecule has 1 aliphatic heterocycles. The molecular formula is C27H24FN5O3. The number of hydrogen-bond donors (Lipinski definition) is 3. The van der Waals surface area contributed by atoms with Crippen molar-refractivity contribution in [3.8, 4) is 18.1 Å². The number of terminal acetylenes is 1. The summed E-state index contributed by atoms with van der Waals surface area (Å²) in [4.78, 5) is 31.9. The van der Waals surface area contributed by atoms with Crippen molar-refractivity contribution < 1.29 is 18.7 Å². The van der Waals surface area contributed by atoms with Crippen LogP contribution < -0.4 is 15.4 Å². The number of anilines is 2. The quantitative estimate of drug-likeness (QED) is 0.276. The van der Waals surface area contributed by atoms with Crippen LogP contribution in [0.4, 0.5) is 15.9 Å². The second-order valence-corrected chi connectivity index (χ2v) is 8.13. The molecule has 1 saturated heterocycles.